The molecule has 0 saturated carbocycles. The maximum absolute atomic E-state index is 15.4. The molecule has 1 fully saturated rings. The van der Waals surface area contributed by atoms with Crippen LogP contribution in [0, 0.1) is 12.7 Å². The number of halogens is 1. The van der Waals surface area contributed by atoms with E-state index in [9.17, 15) is 0 Å². The maximum Gasteiger partial charge on any atom is 0.179 e. The van der Waals surface area contributed by atoms with Gasteiger partial charge in [0.15, 0.2) is 17.3 Å². The number of hydrazine groups is 1. The van der Waals surface area contributed by atoms with Crippen molar-refractivity contribution in [2.75, 3.05) is 26.2 Å². The van der Waals surface area contributed by atoms with E-state index in [1.165, 1.54) is 11.9 Å². The molecule has 11 heteroatoms. The number of aliphatic imine (C=N–C) groups is 2. The lowest BCUT2D eigenvalue weighted by molar-refractivity contribution is 0.228. The van der Waals surface area contributed by atoms with Crippen molar-refractivity contribution >= 4 is 23.5 Å². The third kappa shape index (κ3) is 4.31. The predicted octanol–water partition coefficient (Wildman–Crippen LogP) is 2.93. The lowest BCUT2D eigenvalue weighted by Gasteiger charge is -2.31. The van der Waals surface area contributed by atoms with Crippen LogP contribution < -0.4 is 15.9 Å². The summed E-state index contributed by atoms with van der Waals surface area (Å²) in [7, 11) is 0. The number of benzene rings is 1. The van der Waals surface area contributed by atoms with Gasteiger partial charge in [-0.2, -0.15) is 5.10 Å². The van der Waals surface area contributed by atoms with Gasteiger partial charge in [0.05, 0.1) is 0 Å². The summed E-state index contributed by atoms with van der Waals surface area (Å²) in [5, 5.41) is 6.12. The Morgan fingerprint density at radius 3 is 2.94 bits per heavy atom. The van der Waals surface area contributed by atoms with Gasteiger partial charge in [-0.1, -0.05) is 0 Å². The van der Waals surface area contributed by atoms with Gasteiger partial charge < -0.3 is 10.5 Å². The SMILES string of the molecule is Cc1c(Oc2ccn3ncnc3c2)ccc(N=C2N=CNN3CCC(CN4CCC(N)CC4)=C23)c1F. The van der Waals surface area contributed by atoms with E-state index in [1.54, 1.807) is 48.2 Å². The fourth-order valence-electron chi connectivity index (χ4n) is 4.86. The van der Waals surface area contributed by atoms with E-state index < -0.39 is 5.82 Å². The van der Waals surface area contributed by atoms with E-state index in [4.69, 9.17) is 10.5 Å². The molecule has 0 aliphatic carbocycles. The van der Waals surface area contributed by atoms with Crippen molar-refractivity contribution in [1.29, 1.82) is 0 Å². The van der Waals surface area contributed by atoms with Crippen LogP contribution in [0.1, 0.15) is 24.8 Å². The van der Waals surface area contributed by atoms with Crippen molar-refractivity contribution in [2.24, 2.45) is 15.7 Å². The molecule has 2 aromatic heterocycles. The molecule has 0 radical (unpaired) electrons. The predicted molar refractivity (Wildman–Crippen MR) is 135 cm³/mol. The van der Waals surface area contributed by atoms with Crippen molar-refractivity contribution in [3.8, 4) is 11.5 Å². The summed E-state index contributed by atoms with van der Waals surface area (Å²) >= 11 is 0. The first-order valence-electron chi connectivity index (χ1n) is 12.2. The highest BCUT2D eigenvalue weighted by atomic mass is 19.1. The second-order valence-corrected chi connectivity index (χ2v) is 9.34. The van der Waals surface area contributed by atoms with Crippen LogP contribution in [0.5, 0.6) is 11.5 Å². The second-order valence-electron chi connectivity index (χ2n) is 9.34. The minimum atomic E-state index is -0.436. The van der Waals surface area contributed by atoms with E-state index in [1.807, 2.05) is 5.01 Å². The molecule has 186 valence electrons. The number of nitrogens with one attached hydrogen (secondary N) is 1. The van der Waals surface area contributed by atoms with Crippen molar-refractivity contribution in [3.63, 3.8) is 0 Å². The molecule has 6 rings (SSSR count). The average molecular weight is 490 g/mol. The quantitative estimate of drug-likeness (QED) is 0.567. The van der Waals surface area contributed by atoms with E-state index in [0.29, 0.717) is 34.6 Å². The first-order chi connectivity index (χ1) is 17.5. The van der Waals surface area contributed by atoms with Gasteiger partial charge in [0, 0.05) is 37.0 Å². The Hall–Kier alpha value is -3.83. The largest absolute Gasteiger partial charge is 0.457 e. The summed E-state index contributed by atoms with van der Waals surface area (Å²) in [5.74, 6) is 1.04. The third-order valence-corrected chi connectivity index (χ3v) is 6.92. The van der Waals surface area contributed by atoms with Crippen LogP contribution in [0.25, 0.3) is 5.65 Å². The number of hydrogen-bond donors (Lipinski definition) is 2. The molecule has 0 atom stereocenters. The van der Waals surface area contributed by atoms with Gasteiger partial charge >= 0.3 is 0 Å². The van der Waals surface area contributed by atoms with Crippen LogP contribution in [0.15, 0.2) is 58.0 Å². The van der Waals surface area contributed by atoms with E-state index >= 15 is 4.39 Å². The maximum atomic E-state index is 15.4. The Bertz CT molecular complexity index is 1390. The number of rotatable bonds is 5. The highest BCUT2D eigenvalue weighted by Gasteiger charge is 2.30. The molecule has 10 nitrogen and oxygen atoms in total. The molecular weight excluding hydrogens is 461 g/mol. The van der Waals surface area contributed by atoms with Gasteiger partial charge in [0.25, 0.3) is 0 Å². The molecule has 3 N–H and O–H groups in total. The number of nitrogens with zero attached hydrogens (tertiary/aromatic N) is 7. The number of piperidine rings is 1. The molecule has 3 aromatic rings. The molecule has 0 amide bonds. The number of fused-ring (bicyclic) bond motifs is 2. The summed E-state index contributed by atoms with van der Waals surface area (Å²) in [5.41, 5.74) is 12.7. The van der Waals surface area contributed by atoms with Gasteiger partial charge in [0.1, 0.15) is 35.5 Å². The van der Waals surface area contributed by atoms with Gasteiger partial charge in [-0.25, -0.2) is 23.9 Å². The lowest BCUT2D eigenvalue weighted by atomic mass is 10.0. The average Bonchev–Trinajstić information content (AvgIpc) is 3.52. The first kappa shape index (κ1) is 22.6. The number of amidine groups is 1. The molecule has 5 heterocycles. The monoisotopic (exact) mass is 489 g/mol. The van der Waals surface area contributed by atoms with Crippen LogP contribution in [-0.4, -0.2) is 68.9 Å². The van der Waals surface area contributed by atoms with Crippen LogP contribution in [-0.2, 0) is 0 Å². The van der Waals surface area contributed by atoms with E-state index in [0.717, 1.165) is 51.1 Å². The number of likely N-dealkylation sites (tertiary alicyclic amines) is 1. The smallest absolute Gasteiger partial charge is 0.179 e. The highest BCUT2D eigenvalue weighted by molar-refractivity contribution is 6.05. The Balaban J connectivity index is 1.27. The zero-order valence-electron chi connectivity index (χ0n) is 20.1. The van der Waals surface area contributed by atoms with Crippen LogP contribution in [0.4, 0.5) is 10.1 Å². The van der Waals surface area contributed by atoms with E-state index in [-0.39, 0.29) is 5.69 Å². The molecule has 3 aliphatic rings. The summed E-state index contributed by atoms with van der Waals surface area (Å²) in [6.45, 7) is 5.33. The second kappa shape index (κ2) is 9.32. The molecule has 0 bridgehead atoms. The number of hydrogen-bond acceptors (Lipinski definition) is 8. The first-order valence-corrected chi connectivity index (χ1v) is 12.2. The summed E-state index contributed by atoms with van der Waals surface area (Å²) in [6.07, 6.45) is 7.75. The minimum Gasteiger partial charge on any atom is -0.457 e. The summed E-state index contributed by atoms with van der Waals surface area (Å²) in [4.78, 5) is 15.7. The molecule has 1 aromatic carbocycles. The molecule has 36 heavy (non-hydrogen) atoms. The van der Waals surface area contributed by atoms with Crippen LogP contribution in [0.3, 0.4) is 0 Å². The number of pyridine rings is 1. The van der Waals surface area contributed by atoms with Crippen LogP contribution >= 0.6 is 0 Å². The standard InChI is InChI=1S/C25H28FN9O/c1-16-21(36-19-7-11-34-22(12-19)28-14-30-34)3-2-20(23(16)26)32-25-24-17(4-10-35(24)31-15-29-25)13-33-8-5-18(27)6-9-33/h2-3,7,11-12,14-15,18H,4-6,8-10,13,27H2,1H3,(H,29,31,32). The zero-order valence-corrected chi connectivity index (χ0v) is 20.1. The fraction of sp³-hybridized carbons (Fsp3) is 0.360. The van der Waals surface area contributed by atoms with Crippen molar-refractivity contribution in [1.82, 2.24) is 29.9 Å². The lowest BCUT2D eigenvalue weighted by Crippen LogP contribution is -2.42. The number of ether oxygens (including phenoxy) is 1. The normalized spacial score (nSPS) is 19.9. The fourth-order valence-corrected chi connectivity index (χ4v) is 4.86. The van der Waals surface area contributed by atoms with Gasteiger partial charge in [-0.15, -0.1) is 0 Å². The molecule has 0 spiro atoms. The molecular formula is C25H28FN9O. The third-order valence-electron chi connectivity index (χ3n) is 6.92. The Morgan fingerprint density at radius 2 is 2.08 bits per heavy atom. The van der Waals surface area contributed by atoms with Gasteiger partial charge in [-0.3, -0.25) is 15.3 Å². The van der Waals surface area contributed by atoms with Gasteiger partial charge in [-0.05, 0) is 63.0 Å². The minimum absolute atomic E-state index is 0.226. The van der Waals surface area contributed by atoms with Crippen LogP contribution in [0.2, 0.25) is 0 Å². The molecule has 0 unspecified atom stereocenters. The van der Waals surface area contributed by atoms with Gasteiger partial charge in [0.2, 0.25) is 0 Å². The summed E-state index contributed by atoms with van der Waals surface area (Å²) in [6, 6.07) is 7.16. The zero-order chi connectivity index (χ0) is 24.6. The topological polar surface area (TPSA) is 109 Å². The van der Waals surface area contributed by atoms with Crippen molar-refractivity contribution in [3.05, 3.63) is 59.4 Å². The Kier molecular flexibility index (Phi) is 5.86. The van der Waals surface area contributed by atoms with Crippen molar-refractivity contribution in [2.45, 2.75) is 32.2 Å². The Labute approximate surface area is 208 Å². The molecule has 3 aliphatic heterocycles. The number of nitrogens with two attached hydrogens (primary N) is 1. The Morgan fingerprint density at radius 1 is 1.22 bits per heavy atom. The van der Waals surface area contributed by atoms with E-state index in [2.05, 4.69) is 30.4 Å². The van der Waals surface area contributed by atoms with Crippen molar-refractivity contribution < 1.29 is 9.13 Å². The number of aromatic nitrogens is 3. The highest BCUT2D eigenvalue weighted by Crippen LogP contribution is 2.34. The summed E-state index contributed by atoms with van der Waals surface area (Å²) < 4.78 is 23.0. The molecule has 1 saturated heterocycles.